The largest absolute Gasteiger partial charge is 0.386 e. The van der Waals surface area contributed by atoms with Crippen LogP contribution in [-0.2, 0) is 14.4 Å². The van der Waals surface area contributed by atoms with Crippen LogP contribution in [0, 0.1) is 0 Å². The highest BCUT2D eigenvalue weighted by atomic mass is 16.4. The number of aliphatic hydroxyl groups is 3. The molecule has 6 nitrogen and oxygen atoms in total. The number of Topliss-reactive ketones (excluding diaryl/α,β-unsaturated/α-hetero) is 3. The van der Waals surface area contributed by atoms with Crippen molar-refractivity contribution in [3.63, 3.8) is 0 Å². The third kappa shape index (κ3) is 34.0. The van der Waals surface area contributed by atoms with Gasteiger partial charge in [-0.1, -0.05) is 211 Å². The molecule has 0 bridgehead atoms. The van der Waals surface area contributed by atoms with Gasteiger partial charge in [-0.05, 0) is 83.5 Å². The van der Waals surface area contributed by atoms with E-state index in [2.05, 4.69) is 69.4 Å². The molecule has 3 atom stereocenters. The van der Waals surface area contributed by atoms with Crippen LogP contribution < -0.4 is 0 Å². The van der Waals surface area contributed by atoms with Crippen molar-refractivity contribution in [2.24, 2.45) is 0 Å². The molecule has 3 unspecified atom stereocenters. The fourth-order valence-corrected chi connectivity index (χ4v) is 7.93. The van der Waals surface area contributed by atoms with Crippen molar-refractivity contribution in [2.75, 3.05) is 0 Å². The summed E-state index contributed by atoms with van der Waals surface area (Å²) in [6.45, 7) is 6.69. The normalized spacial score (nSPS) is 14.2. The van der Waals surface area contributed by atoms with Crippen molar-refractivity contribution >= 4 is 17.3 Å². The molecule has 0 aliphatic rings. The van der Waals surface area contributed by atoms with Gasteiger partial charge in [-0.15, -0.1) is 0 Å². The maximum absolute atomic E-state index is 13.6. The highest BCUT2D eigenvalue weighted by molar-refractivity contribution is 6.11. The molecule has 0 amide bonds. The van der Waals surface area contributed by atoms with Crippen molar-refractivity contribution in [3.8, 4) is 0 Å². The Bertz CT molecular complexity index is 1140. The van der Waals surface area contributed by atoms with Gasteiger partial charge in [0.15, 0.2) is 17.3 Å². The predicted molar refractivity (Wildman–Crippen MR) is 261 cm³/mol. The van der Waals surface area contributed by atoms with Crippen molar-refractivity contribution < 1.29 is 29.7 Å². The molecule has 0 fully saturated rings. The molecule has 354 valence electrons. The average Bonchev–Trinajstić information content (AvgIpc) is 3.26. The highest BCUT2D eigenvalue weighted by Gasteiger charge is 2.52. The van der Waals surface area contributed by atoms with Crippen molar-refractivity contribution in [2.45, 2.75) is 283 Å². The summed E-state index contributed by atoms with van der Waals surface area (Å²) in [4.78, 5) is 40.2. The molecule has 0 heterocycles. The second-order valence-electron chi connectivity index (χ2n) is 17.9. The standard InChI is InChI=1S/C55H98O6/c1-4-7-10-13-16-19-22-25-27-30-32-35-38-41-44-47-50(56)53(59)54(60)55(61,51(57)48-45-42-39-36-33-29-24-21-18-15-12-9-6-3)52(58)49-46-43-40-37-34-31-28-26-23-20-17-14-11-8-5-2/h16-17,19-20,25-28,53-54,59-61H,4-15,18,21-24,29-49H2,1-3H3/b19-16-,20-17-,27-25-,28-26-. The lowest BCUT2D eigenvalue weighted by molar-refractivity contribution is -0.174. The van der Waals surface area contributed by atoms with Gasteiger partial charge in [-0.3, -0.25) is 14.4 Å². The number of unbranched alkanes of at least 4 members (excludes halogenated alkanes) is 28. The van der Waals surface area contributed by atoms with E-state index in [4.69, 9.17) is 0 Å². The van der Waals surface area contributed by atoms with E-state index in [9.17, 15) is 29.7 Å². The smallest absolute Gasteiger partial charge is 0.210 e. The molecule has 0 saturated heterocycles. The van der Waals surface area contributed by atoms with Gasteiger partial charge in [-0.25, -0.2) is 0 Å². The first-order chi connectivity index (χ1) is 29.8. The Kier molecular flexibility index (Phi) is 42.9. The monoisotopic (exact) mass is 855 g/mol. The number of carbonyl (C=O) groups is 3. The molecular weight excluding hydrogens is 757 g/mol. The summed E-state index contributed by atoms with van der Waals surface area (Å²) in [5.74, 6) is -2.19. The number of rotatable bonds is 47. The quantitative estimate of drug-likeness (QED) is 0.0319. The van der Waals surface area contributed by atoms with Gasteiger partial charge < -0.3 is 15.3 Å². The van der Waals surface area contributed by atoms with Crippen LogP contribution in [0.2, 0.25) is 0 Å². The maximum atomic E-state index is 13.6. The molecule has 0 aliphatic carbocycles. The fourth-order valence-electron chi connectivity index (χ4n) is 7.93. The Balaban J connectivity index is 4.85. The molecule has 61 heavy (non-hydrogen) atoms. The number of hydrogen-bond donors (Lipinski definition) is 3. The van der Waals surface area contributed by atoms with Crippen molar-refractivity contribution in [3.05, 3.63) is 48.6 Å². The molecule has 3 N–H and O–H groups in total. The molecule has 0 rings (SSSR count). The lowest BCUT2D eigenvalue weighted by Gasteiger charge is -2.32. The summed E-state index contributed by atoms with van der Waals surface area (Å²) in [6.07, 6.45) is 51.2. The van der Waals surface area contributed by atoms with Crippen LogP contribution in [0.3, 0.4) is 0 Å². The zero-order valence-corrected chi connectivity index (χ0v) is 40.2. The second kappa shape index (κ2) is 44.5. The van der Waals surface area contributed by atoms with Crippen LogP contribution in [0.1, 0.15) is 265 Å². The van der Waals surface area contributed by atoms with Crippen LogP contribution in [0.4, 0.5) is 0 Å². The van der Waals surface area contributed by atoms with E-state index >= 15 is 0 Å². The van der Waals surface area contributed by atoms with E-state index < -0.39 is 35.2 Å². The minimum atomic E-state index is -2.78. The number of ketones is 3. The zero-order valence-electron chi connectivity index (χ0n) is 40.2. The van der Waals surface area contributed by atoms with Gasteiger partial charge >= 0.3 is 0 Å². The summed E-state index contributed by atoms with van der Waals surface area (Å²) >= 11 is 0. The van der Waals surface area contributed by atoms with Gasteiger partial charge in [0.2, 0.25) is 5.60 Å². The van der Waals surface area contributed by atoms with Crippen LogP contribution in [0.5, 0.6) is 0 Å². The highest BCUT2D eigenvalue weighted by Crippen LogP contribution is 2.25. The summed E-state index contributed by atoms with van der Waals surface area (Å²) in [5, 5.41) is 33.8. The van der Waals surface area contributed by atoms with Gasteiger partial charge in [0.25, 0.3) is 0 Å². The Morgan fingerprint density at radius 1 is 0.377 bits per heavy atom. The van der Waals surface area contributed by atoms with Gasteiger partial charge in [-0.2, -0.15) is 0 Å². The van der Waals surface area contributed by atoms with E-state index in [0.29, 0.717) is 19.3 Å². The third-order valence-corrected chi connectivity index (χ3v) is 12.1. The van der Waals surface area contributed by atoms with Crippen LogP contribution in [-0.4, -0.2) is 50.5 Å². The van der Waals surface area contributed by atoms with E-state index in [-0.39, 0.29) is 19.3 Å². The minimum absolute atomic E-state index is 0.0327. The lowest BCUT2D eigenvalue weighted by atomic mass is 9.79. The SMILES string of the molecule is CCCCC/C=C\C/C=C\CCCCCCCC(=O)C(O)C(O)C(O)(C(=O)CCCCCCC/C=C\C/C=C\CCCCC)C(=O)CCCCCCCCCCCCCCC. The minimum Gasteiger partial charge on any atom is -0.386 e. The Morgan fingerprint density at radius 3 is 0.984 bits per heavy atom. The first-order valence-electron chi connectivity index (χ1n) is 26.0. The van der Waals surface area contributed by atoms with Gasteiger partial charge in [0.05, 0.1) is 0 Å². The van der Waals surface area contributed by atoms with Crippen LogP contribution in [0.15, 0.2) is 48.6 Å². The van der Waals surface area contributed by atoms with E-state index in [1.54, 1.807) is 0 Å². The second-order valence-corrected chi connectivity index (χ2v) is 17.9. The van der Waals surface area contributed by atoms with Crippen LogP contribution >= 0.6 is 0 Å². The van der Waals surface area contributed by atoms with Crippen LogP contribution in [0.25, 0.3) is 0 Å². The van der Waals surface area contributed by atoms with Gasteiger partial charge in [0.1, 0.15) is 12.2 Å². The summed E-state index contributed by atoms with van der Waals surface area (Å²) in [5.41, 5.74) is -2.78. The number of carbonyl (C=O) groups excluding carboxylic acids is 3. The molecular formula is C55H98O6. The van der Waals surface area contributed by atoms with Gasteiger partial charge in [0, 0.05) is 19.3 Å². The summed E-state index contributed by atoms with van der Waals surface area (Å²) < 4.78 is 0. The number of allylic oxidation sites excluding steroid dienone is 8. The lowest BCUT2D eigenvalue weighted by Crippen LogP contribution is -2.61. The topological polar surface area (TPSA) is 112 Å². The molecule has 0 aromatic carbocycles. The Morgan fingerprint density at radius 2 is 0.639 bits per heavy atom. The number of hydrogen-bond acceptors (Lipinski definition) is 6. The first kappa shape index (κ1) is 58.9. The fraction of sp³-hybridized carbons (Fsp3) is 0.800. The summed E-state index contributed by atoms with van der Waals surface area (Å²) in [7, 11) is 0. The van der Waals surface area contributed by atoms with E-state index in [1.165, 1.54) is 96.3 Å². The predicted octanol–water partition coefficient (Wildman–Crippen LogP) is 15.3. The maximum Gasteiger partial charge on any atom is 0.210 e. The Hall–Kier alpha value is -2.15. The van der Waals surface area contributed by atoms with Crippen molar-refractivity contribution in [1.82, 2.24) is 0 Å². The molecule has 0 aromatic heterocycles. The molecule has 0 spiro atoms. The Labute approximate surface area is 377 Å². The molecule has 6 heteroatoms. The van der Waals surface area contributed by atoms with Crippen molar-refractivity contribution in [1.29, 1.82) is 0 Å². The average molecular weight is 855 g/mol. The molecule has 0 radical (unpaired) electrons. The molecule has 0 aromatic rings. The summed E-state index contributed by atoms with van der Waals surface area (Å²) in [6, 6.07) is 0. The number of aliphatic hydroxyl groups excluding tert-OH is 2. The zero-order chi connectivity index (χ0) is 44.9. The van der Waals surface area contributed by atoms with E-state index in [0.717, 1.165) is 109 Å². The molecule has 0 saturated carbocycles. The molecule has 0 aliphatic heterocycles. The first-order valence-corrected chi connectivity index (χ1v) is 26.0. The van der Waals surface area contributed by atoms with E-state index in [1.807, 2.05) is 0 Å². The third-order valence-electron chi connectivity index (χ3n) is 12.1.